The molecule has 1 heterocycles. The molecule has 2 amide bonds. The van der Waals surface area contributed by atoms with Crippen molar-refractivity contribution in [2.45, 2.75) is 17.4 Å². The van der Waals surface area contributed by atoms with Crippen LogP contribution in [0.5, 0.6) is 11.5 Å². The van der Waals surface area contributed by atoms with Gasteiger partial charge >= 0.3 is 5.97 Å². The van der Waals surface area contributed by atoms with Crippen molar-refractivity contribution in [3.05, 3.63) is 48.0 Å². The molecule has 2 aromatic rings. The third-order valence-electron chi connectivity index (χ3n) is 6.91. The monoisotopic (exact) mass is 514 g/mol. The molecule has 2 aromatic carbocycles. The molecule has 33 heavy (non-hydrogen) atoms. The number of carbonyl (C=O) groups excluding carboxylic acids is 3. The van der Waals surface area contributed by atoms with Crippen LogP contribution in [0.4, 0.5) is 11.4 Å². The van der Waals surface area contributed by atoms with Crippen molar-refractivity contribution in [1.29, 1.82) is 0 Å². The topological polar surface area (TPSA) is 103 Å². The van der Waals surface area contributed by atoms with E-state index in [0.717, 1.165) is 6.42 Å². The van der Waals surface area contributed by atoms with Gasteiger partial charge in [-0.1, -0.05) is 28.1 Å². The largest absolute Gasteiger partial charge is 0.497 e. The highest BCUT2D eigenvalue weighted by atomic mass is 79.9. The first-order chi connectivity index (χ1) is 15.9. The van der Waals surface area contributed by atoms with E-state index in [2.05, 4.69) is 26.6 Å². The molecule has 2 aliphatic carbocycles. The first-order valence-corrected chi connectivity index (χ1v) is 11.6. The van der Waals surface area contributed by atoms with Crippen LogP contribution in [0.15, 0.2) is 42.5 Å². The highest BCUT2D eigenvalue weighted by Gasteiger charge is 2.67. The Morgan fingerprint density at radius 3 is 2.58 bits per heavy atom. The fraction of sp³-hybridized carbons (Fsp3) is 0.375. The van der Waals surface area contributed by atoms with E-state index in [0.29, 0.717) is 28.4 Å². The number of esters is 1. The standard InChI is InChI=1S/C24H23BrN2O6/c1-31-11-7-8-16(17(9-11)32-2)27-22(28)12-5-3-4-6-15(12)26-23(29)18-13-10-14-19(18)24(30)33-21(14)20(13)25/h3-9,13-14,18-21H,10H2,1-2H3,(H,26,29)(H,27,28)/t13-,14-,18-,19+,20-,21+/m1/s1. The number of rotatable bonds is 6. The lowest BCUT2D eigenvalue weighted by atomic mass is 9.79. The molecule has 172 valence electrons. The van der Waals surface area contributed by atoms with Gasteiger partial charge in [0, 0.05) is 12.0 Å². The molecule has 0 radical (unpaired) electrons. The van der Waals surface area contributed by atoms with Crippen molar-refractivity contribution in [3.63, 3.8) is 0 Å². The average Bonchev–Trinajstić information content (AvgIpc) is 3.44. The number of anilines is 2. The van der Waals surface area contributed by atoms with Crippen LogP contribution in [0.25, 0.3) is 0 Å². The molecule has 1 saturated heterocycles. The fourth-order valence-corrected chi connectivity index (χ4v) is 6.47. The van der Waals surface area contributed by atoms with Crippen molar-refractivity contribution in [3.8, 4) is 11.5 Å². The summed E-state index contributed by atoms with van der Waals surface area (Å²) >= 11 is 3.63. The number of methoxy groups -OCH3 is 2. The Hall–Kier alpha value is -3.07. The molecule has 0 aromatic heterocycles. The molecular formula is C24H23BrN2O6. The third kappa shape index (κ3) is 3.55. The predicted molar refractivity (Wildman–Crippen MR) is 124 cm³/mol. The first-order valence-electron chi connectivity index (χ1n) is 10.7. The number of benzene rings is 2. The molecule has 2 N–H and O–H groups in total. The van der Waals surface area contributed by atoms with Crippen LogP contribution in [0.1, 0.15) is 16.8 Å². The molecule has 0 spiro atoms. The number of hydrogen-bond acceptors (Lipinski definition) is 6. The number of halogens is 1. The van der Waals surface area contributed by atoms with Gasteiger partial charge in [-0.25, -0.2) is 0 Å². The van der Waals surface area contributed by atoms with Gasteiger partial charge in [-0.3, -0.25) is 14.4 Å². The zero-order valence-electron chi connectivity index (χ0n) is 18.0. The molecule has 8 nitrogen and oxygen atoms in total. The highest BCUT2D eigenvalue weighted by Crippen LogP contribution is 2.60. The number of fused-ring (bicyclic) bond motifs is 1. The maximum absolute atomic E-state index is 13.3. The van der Waals surface area contributed by atoms with Gasteiger partial charge in [0.05, 0.1) is 47.8 Å². The molecule has 6 atom stereocenters. The number of amides is 2. The molecule has 1 aliphatic heterocycles. The summed E-state index contributed by atoms with van der Waals surface area (Å²) in [4.78, 5) is 38.7. The minimum atomic E-state index is -0.483. The third-order valence-corrected chi connectivity index (χ3v) is 8.11. The Balaban J connectivity index is 1.36. The second-order valence-electron chi connectivity index (χ2n) is 8.52. The number of nitrogens with one attached hydrogen (secondary N) is 2. The molecular weight excluding hydrogens is 492 g/mol. The summed E-state index contributed by atoms with van der Waals surface area (Å²) in [5, 5.41) is 5.72. The first kappa shape index (κ1) is 21.8. The van der Waals surface area contributed by atoms with Crippen LogP contribution in [0.2, 0.25) is 0 Å². The molecule has 2 bridgehead atoms. The Morgan fingerprint density at radius 2 is 1.82 bits per heavy atom. The number of hydrogen-bond donors (Lipinski definition) is 2. The van der Waals surface area contributed by atoms with E-state index in [1.54, 1.807) is 49.6 Å². The maximum Gasteiger partial charge on any atom is 0.310 e. The van der Waals surface area contributed by atoms with E-state index >= 15 is 0 Å². The van der Waals surface area contributed by atoms with Gasteiger partial charge in [-0.05, 0) is 36.6 Å². The van der Waals surface area contributed by atoms with Gasteiger partial charge < -0.3 is 24.8 Å². The van der Waals surface area contributed by atoms with E-state index in [-0.39, 0.29) is 34.6 Å². The average molecular weight is 515 g/mol. The van der Waals surface area contributed by atoms with Gasteiger partial charge in [0.25, 0.3) is 5.91 Å². The second-order valence-corrected chi connectivity index (χ2v) is 9.57. The lowest BCUT2D eigenvalue weighted by molar-refractivity contribution is -0.145. The molecule has 0 unspecified atom stereocenters. The molecule has 9 heteroatoms. The SMILES string of the molecule is COc1ccc(NC(=O)c2ccccc2NC(=O)[C@@H]2[C@H]3C[C@H]4[C@H](OC(=O)[C@@H]42)[C@@H]3Br)c(OC)c1. The molecule has 2 saturated carbocycles. The Morgan fingerprint density at radius 1 is 1.03 bits per heavy atom. The van der Waals surface area contributed by atoms with Crippen LogP contribution in [0, 0.1) is 23.7 Å². The second kappa shape index (κ2) is 8.37. The van der Waals surface area contributed by atoms with Crippen LogP contribution < -0.4 is 20.1 Å². The maximum atomic E-state index is 13.3. The van der Waals surface area contributed by atoms with Crippen molar-refractivity contribution < 1.29 is 28.6 Å². The van der Waals surface area contributed by atoms with E-state index < -0.39 is 17.7 Å². The van der Waals surface area contributed by atoms with E-state index in [1.165, 1.54) is 7.11 Å². The van der Waals surface area contributed by atoms with E-state index in [4.69, 9.17) is 14.2 Å². The summed E-state index contributed by atoms with van der Waals surface area (Å²) in [7, 11) is 3.05. The fourth-order valence-electron chi connectivity index (χ4n) is 5.43. The quantitative estimate of drug-likeness (QED) is 0.451. The lowest BCUT2D eigenvalue weighted by Gasteiger charge is -2.27. The predicted octanol–water partition coefficient (Wildman–Crippen LogP) is 3.47. The van der Waals surface area contributed by atoms with Crippen molar-refractivity contribution in [2.24, 2.45) is 23.7 Å². The van der Waals surface area contributed by atoms with Gasteiger partial charge in [-0.15, -0.1) is 0 Å². The Kier molecular flexibility index (Phi) is 5.52. The highest BCUT2D eigenvalue weighted by molar-refractivity contribution is 9.09. The minimum absolute atomic E-state index is 0.0259. The van der Waals surface area contributed by atoms with Crippen LogP contribution in [-0.4, -0.2) is 42.9 Å². The Bertz CT molecular complexity index is 1140. The van der Waals surface area contributed by atoms with Crippen molar-refractivity contribution >= 4 is 45.1 Å². The summed E-state index contributed by atoms with van der Waals surface area (Å²) in [6.45, 7) is 0. The normalized spacial score (nSPS) is 28.9. The number of alkyl halides is 1. The Labute approximate surface area is 199 Å². The van der Waals surface area contributed by atoms with E-state index in [9.17, 15) is 14.4 Å². The van der Waals surface area contributed by atoms with Gasteiger partial charge in [-0.2, -0.15) is 0 Å². The van der Waals surface area contributed by atoms with Crippen molar-refractivity contribution in [2.75, 3.05) is 24.9 Å². The van der Waals surface area contributed by atoms with E-state index in [1.807, 2.05) is 0 Å². The zero-order chi connectivity index (χ0) is 23.3. The van der Waals surface area contributed by atoms with Gasteiger partial charge in [0.15, 0.2) is 0 Å². The minimum Gasteiger partial charge on any atom is -0.497 e. The molecule has 5 rings (SSSR count). The van der Waals surface area contributed by atoms with Crippen LogP contribution in [-0.2, 0) is 14.3 Å². The number of ether oxygens (including phenoxy) is 3. The summed E-state index contributed by atoms with van der Waals surface area (Å²) in [5.41, 5.74) is 1.15. The van der Waals surface area contributed by atoms with Crippen LogP contribution >= 0.6 is 15.9 Å². The molecule has 3 aliphatic rings. The zero-order valence-corrected chi connectivity index (χ0v) is 19.6. The lowest BCUT2D eigenvalue weighted by Crippen LogP contribution is -2.40. The summed E-state index contributed by atoms with van der Waals surface area (Å²) in [6.07, 6.45) is 0.642. The van der Waals surface area contributed by atoms with Gasteiger partial charge in [0.1, 0.15) is 17.6 Å². The van der Waals surface area contributed by atoms with Gasteiger partial charge in [0.2, 0.25) is 5.91 Å². The number of carbonyl (C=O) groups is 3. The summed E-state index contributed by atoms with van der Waals surface area (Å²) in [6, 6.07) is 11.8. The summed E-state index contributed by atoms with van der Waals surface area (Å²) in [5.74, 6) is -0.721. The van der Waals surface area contributed by atoms with Crippen LogP contribution in [0.3, 0.4) is 0 Å². The smallest absolute Gasteiger partial charge is 0.310 e. The number of para-hydroxylation sites is 1. The summed E-state index contributed by atoms with van der Waals surface area (Å²) < 4.78 is 16.0. The van der Waals surface area contributed by atoms with Crippen molar-refractivity contribution in [1.82, 2.24) is 0 Å². The molecule has 3 fully saturated rings.